The minimum absolute atomic E-state index is 0.0881. The van der Waals surface area contributed by atoms with E-state index < -0.39 is 21.8 Å². The van der Waals surface area contributed by atoms with Crippen LogP contribution in [-0.2, 0) is 21.2 Å². The Balaban J connectivity index is 1.47. The Kier molecular flexibility index (Phi) is 6.17. The third-order valence-corrected chi connectivity index (χ3v) is 8.35. The largest absolute Gasteiger partial charge is 0.339 e. The average Bonchev–Trinajstić information content (AvgIpc) is 3.45. The highest BCUT2D eigenvalue weighted by Gasteiger charge is 2.34. The van der Waals surface area contributed by atoms with E-state index in [1.165, 1.54) is 34.6 Å². The monoisotopic (exact) mass is 464 g/mol. The molecule has 31 heavy (non-hydrogen) atoms. The van der Waals surface area contributed by atoms with Gasteiger partial charge in [-0.05, 0) is 43.2 Å². The molecule has 11 heteroatoms. The highest BCUT2D eigenvalue weighted by molar-refractivity contribution is 7.91. The minimum Gasteiger partial charge on any atom is -0.339 e. The quantitative estimate of drug-likeness (QED) is 0.598. The normalized spacial score (nSPS) is 17.5. The summed E-state index contributed by atoms with van der Waals surface area (Å²) in [7, 11) is -3.76. The number of carbonyl (C=O) groups is 1. The van der Waals surface area contributed by atoms with Crippen LogP contribution in [0.5, 0.6) is 0 Å². The van der Waals surface area contributed by atoms with Crippen LogP contribution in [0, 0.1) is 11.7 Å². The number of hydrogen-bond donors (Lipinski definition) is 1. The Morgan fingerprint density at radius 2 is 2.13 bits per heavy atom. The number of carbonyl (C=O) groups excluding carboxylic acids is 1. The van der Waals surface area contributed by atoms with Crippen molar-refractivity contribution in [3.05, 3.63) is 47.4 Å². The maximum absolute atomic E-state index is 13.2. The van der Waals surface area contributed by atoms with Gasteiger partial charge in [-0.1, -0.05) is 12.1 Å². The van der Waals surface area contributed by atoms with Gasteiger partial charge in [-0.3, -0.25) is 4.79 Å². The maximum Gasteiger partial charge on any atom is 0.252 e. The van der Waals surface area contributed by atoms with E-state index in [0.29, 0.717) is 48.8 Å². The van der Waals surface area contributed by atoms with Crippen LogP contribution in [-0.4, -0.2) is 41.9 Å². The van der Waals surface area contributed by atoms with Crippen LogP contribution in [0.25, 0.3) is 11.4 Å². The third kappa shape index (κ3) is 4.68. The van der Waals surface area contributed by atoms with Gasteiger partial charge >= 0.3 is 0 Å². The first-order chi connectivity index (χ1) is 14.9. The summed E-state index contributed by atoms with van der Waals surface area (Å²) in [5.41, 5.74) is 1.05. The van der Waals surface area contributed by atoms with Gasteiger partial charge in [0.05, 0.1) is 5.92 Å². The average molecular weight is 465 g/mol. The number of nitrogens with zero attached hydrogens (tertiary/aromatic N) is 3. The molecule has 3 heterocycles. The standard InChI is InChI=1S/C20H21FN4O4S2/c1-2-17-23-19(24-29-17)14-10-18(30-12-14)31(27,28)25-9-3-4-13(11-25)20(26)22-16-7-5-15(21)6-8-16/h5-8,10,12-13H,2-4,9,11H2,1H3,(H,22,26)/t13-/m0/s1. The first kappa shape index (κ1) is 21.6. The maximum atomic E-state index is 13.2. The van der Waals surface area contributed by atoms with Gasteiger partial charge in [-0.2, -0.15) is 9.29 Å². The number of halogens is 1. The molecule has 0 bridgehead atoms. The fourth-order valence-electron chi connectivity index (χ4n) is 3.36. The number of aromatic nitrogens is 2. The lowest BCUT2D eigenvalue weighted by Crippen LogP contribution is -2.43. The molecule has 1 aliphatic rings. The Morgan fingerprint density at radius 3 is 2.84 bits per heavy atom. The highest BCUT2D eigenvalue weighted by atomic mass is 32.2. The van der Waals surface area contributed by atoms with Crippen LogP contribution in [0.2, 0.25) is 0 Å². The molecule has 0 radical (unpaired) electrons. The van der Waals surface area contributed by atoms with Crippen LogP contribution < -0.4 is 5.32 Å². The number of aryl methyl sites for hydroxylation is 1. The molecule has 1 N–H and O–H groups in total. The highest BCUT2D eigenvalue weighted by Crippen LogP contribution is 2.31. The number of amides is 1. The molecular weight excluding hydrogens is 443 g/mol. The molecule has 0 spiro atoms. The molecule has 0 unspecified atom stereocenters. The van der Waals surface area contributed by atoms with Crippen molar-refractivity contribution >= 4 is 33.0 Å². The number of piperidine rings is 1. The van der Waals surface area contributed by atoms with E-state index >= 15 is 0 Å². The van der Waals surface area contributed by atoms with Crippen LogP contribution >= 0.6 is 11.3 Å². The Morgan fingerprint density at radius 1 is 1.35 bits per heavy atom. The predicted octanol–water partition coefficient (Wildman–Crippen LogP) is 3.54. The van der Waals surface area contributed by atoms with Gasteiger partial charge in [-0.25, -0.2) is 12.8 Å². The van der Waals surface area contributed by atoms with E-state index in [9.17, 15) is 17.6 Å². The second kappa shape index (κ2) is 8.85. The summed E-state index contributed by atoms with van der Waals surface area (Å²) in [5.74, 6) is -0.328. The van der Waals surface area contributed by atoms with E-state index in [0.717, 1.165) is 11.3 Å². The SMILES string of the molecule is CCc1nc(-c2csc(S(=O)(=O)N3CCC[C@H](C(=O)Nc4ccc(F)cc4)C3)c2)no1. The summed E-state index contributed by atoms with van der Waals surface area (Å²) in [6, 6.07) is 7.00. The number of anilines is 1. The van der Waals surface area contributed by atoms with Crippen LogP contribution in [0.15, 0.2) is 44.4 Å². The molecule has 1 atom stereocenters. The molecule has 164 valence electrons. The predicted molar refractivity (Wildman–Crippen MR) is 114 cm³/mol. The summed E-state index contributed by atoms with van der Waals surface area (Å²) in [4.78, 5) is 16.9. The van der Waals surface area contributed by atoms with E-state index in [4.69, 9.17) is 4.52 Å². The number of thiophene rings is 1. The fourth-order valence-corrected chi connectivity index (χ4v) is 6.20. The number of sulfonamides is 1. The zero-order valence-corrected chi connectivity index (χ0v) is 18.4. The molecule has 8 nitrogen and oxygen atoms in total. The summed E-state index contributed by atoms with van der Waals surface area (Å²) in [6.07, 6.45) is 1.75. The Bertz CT molecular complexity index is 1170. The first-order valence-corrected chi connectivity index (χ1v) is 12.2. The molecule has 2 aromatic heterocycles. The van der Waals surface area contributed by atoms with E-state index in [2.05, 4.69) is 15.5 Å². The zero-order chi connectivity index (χ0) is 22.0. The lowest BCUT2D eigenvalue weighted by Gasteiger charge is -2.30. The van der Waals surface area contributed by atoms with Gasteiger partial charge < -0.3 is 9.84 Å². The van der Waals surface area contributed by atoms with Crippen LogP contribution in [0.3, 0.4) is 0 Å². The molecule has 4 rings (SSSR count). The topological polar surface area (TPSA) is 105 Å². The number of benzene rings is 1. The number of rotatable bonds is 6. The van der Waals surface area contributed by atoms with Crippen molar-refractivity contribution in [3.8, 4) is 11.4 Å². The van der Waals surface area contributed by atoms with Crippen molar-refractivity contribution in [2.75, 3.05) is 18.4 Å². The molecular formula is C20H21FN4O4S2. The molecule has 3 aromatic rings. The van der Waals surface area contributed by atoms with E-state index in [1.807, 2.05) is 6.92 Å². The van der Waals surface area contributed by atoms with E-state index in [1.54, 1.807) is 5.38 Å². The molecule has 1 saturated heterocycles. The molecule has 1 aliphatic heterocycles. The summed E-state index contributed by atoms with van der Waals surface area (Å²) in [5, 5.41) is 8.29. The molecule has 1 fully saturated rings. The van der Waals surface area contributed by atoms with Crippen molar-refractivity contribution in [1.82, 2.24) is 14.4 Å². The molecule has 0 saturated carbocycles. The van der Waals surface area contributed by atoms with Gasteiger partial charge in [0.25, 0.3) is 10.0 Å². The lowest BCUT2D eigenvalue weighted by molar-refractivity contribution is -0.120. The second-order valence-electron chi connectivity index (χ2n) is 7.22. The van der Waals surface area contributed by atoms with Crippen LogP contribution in [0.1, 0.15) is 25.7 Å². The fraction of sp³-hybridized carbons (Fsp3) is 0.350. The first-order valence-electron chi connectivity index (χ1n) is 9.85. The summed E-state index contributed by atoms with van der Waals surface area (Å²) >= 11 is 1.09. The summed E-state index contributed by atoms with van der Waals surface area (Å²) in [6.45, 7) is 2.32. The molecule has 1 aromatic carbocycles. The minimum atomic E-state index is -3.76. The van der Waals surface area contributed by atoms with Crippen molar-refractivity contribution in [2.45, 2.75) is 30.4 Å². The van der Waals surface area contributed by atoms with Gasteiger partial charge in [0.15, 0.2) is 0 Å². The van der Waals surface area contributed by atoms with Gasteiger partial charge in [-0.15, -0.1) is 11.3 Å². The van der Waals surface area contributed by atoms with E-state index in [-0.39, 0.29) is 16.7 Å². The zero-order valence-electron chi connectivity index (χ0n) is 16.7. The van der Waals surface area contributed by atoms with Crippen molar-refractivity contribution < 1.29 is 22.1 Å². The summed E-state index contributed by atoms with van der Waals surface area (Å²) < 4.78 is 46.0. The third-order valence-electron chi connectivity index (χ3n) is 5.06. The van der Waals surface area contributed by atoms with Crippen molar-refractivity contribution in [1.29, 1.82) is 0 Å². The van der Waals surface area contributed by atoms with Gasteiger partial charge in [0.1, 0.15) is 10.0 Å². The molecule has 0 aliphatic carbocycles. The Hall–Kier alpha value is -2.63. The van der Waals surface area contributed by atoms with Gasteiger partial charge in [0, 0.05) is 36.1 Å². The molecule has 1 amide bonds. The lowest BCUT2D eigenvalue weighted by atomic mass is 9.99. The smallest absolute Gasteiger partial charge is 0.252 e. The second-order valence-corrected chi connectivity index (χ2v) is 10.3. The number of nitrogens with one attached hydrogen (secondary N) is 1. The van der Waals surface area contributed by atoms with Crippen LogP contribution in [0.4, 0.5) is 10.1 Å². The Labute approximate surface area is 183 Å². The van der Waals surface area contributed by atoms with Gasteiger partial charge in [0.2, 0.25) is 17.6 Å². The van der Waals surface area contributed by atoms with Crippen molar-refractivity contribution in [3.63, 3.8) is 0 Å². The number of hydrogen-bond acceptors (Lipinski definition) is 7. The van der Waals surface area contributed by atoms with Crippen molar-refractivity contribution in [2.24, 2.45) is 5.92 Å².